The molecule has 0 radical (unpaired) electrons. The zero-order valence-electron chi connectivity index (χ0n) is 13.5. The lowest BCUT2D eigenvalue weighted by Gasteiger charge is -2.20. The molecule has 0 bridgehead atoms. The molecule has 0 saturated carbocycles. The average Bonchev–Trinajstić information content (AvgIpc) is 2.86. The number of fused-ring (bicyclic) bond motifs is 1. The highest BCUT2D eigenvalue weighted by Crippen LogP contribution is 2.36. The molecule has 1 aliphatic rings. The van der Waals surface area contributed by atoms with Crippen molar-refractivity contribution >= 4 is 0 Å². The first-order chi connectivity index (χ1) is 12.3. The maximum atomic E-state index is 15.2. The van der Waals surface area contributed by atoms with E-state index in [0.717, 1.165) is 12.0 Å². The van der Waals surface area contributed by atoms with Crippen LogP contribution < -0.4 is 5.32 Å². The molecule has 3 nitrogen and oxygen atoms in total. The predicted molar refractivity (Wildman–Crippen MR) is 92.0 cm³/mol. The first-order valence-electron chi connectivity index (χ1n) is 8.30. The van der Waals surface area contributed by atoms with Gasteiger partial charge in [0, 0.05) is 29.8 Å². The Bertz CT molecular complexity index is 897. The zero-order valence-corrected chi connectivity index (χ0v) is 13.5. The Morgan fingerprint density at radius 3 is 2.64 bits per heavy atom. The van der Waals surface area contributed by atoms with E-state index in [-0.39, 0.29) is 17.6 Å². The fourth-order valence-corrected chi connectivity index (χ4v) is 3.48. The lowest BCUT2D eigenvalue weighted by molar-refractivity contribution is 0.579. The van der Waals surface area contributed by atoms with Crippen LogP contribution in [0.3, 0.4) is 0 Å². The Labute approximate surface area is 144 Å². The van der Waals surface area contributed by atoms with Crippen LogP contribution in [0.5, 0.6) is 0 Å². The molecule has 5 heteroatoms. The summed E-state index contributed by atoms with van der Waals surface area (Å²) in [6.45, 7) is 1.12. The number of halogens is 2. The summed E-state index contributed by atoms with van der Waals surface area (Å²) in [5.74, 6) is -0.732. The van der Waals surface area contributed by atoms with Gasteiger partial charge in [-0.15, -0.1) is 0 Å². The van der Waals surface area contributed by atoms with Crippen LogP contribution in [0.25, 0.3) is 11.3 Å². The summed E-state index contributed by atoms with van der Waals surface area (Å²) in [4.78, 5) is 0. The molecule has 1 aliphatic heterocycles. The molecule has 126 valence electrons. The van der Waals surface area contributed by atoms with E-state index in [9.17, 15) is 4.39 Å². The molecule has 25 heavy (non-hydrogen) atoms. The molecule has 0 fully saturated rings. The Balaban J connectivity index is 1.85. The van der Waals surface area contributed by atoms with E-state index < -0.39 is 0 Å². The maximum Gasteiger partial charge on any atom is 0.137 e. The van der Waals surface area contributed by atoms with Gasteiger partial charge in [-0.2, -0.15) is 10.2 Å². The summed E-state index contributed by atoms with van der Waals surface area (Å²) >= 11 is 0. The highest BCUT2D eigenvalue weighted by Gasteiger charge is 2.26. The van der Waals surface area contributed by atoms with Crippen molar-refractivity contribution in [3.63, 3.8) is 0 Å². The summed E-state index contributed by atoms with van der Waals surface area (Å²) in [6.07, 6.45) is 2.28. The van der Waals surface area contributed by atoms with Gasteiger partial charge in [0.2, 0.25) is 0 Å². The second-order valence-corrected chi connectivity index (χ2v) is 6.14. The molecule has 0 spiro atoms. The maximum absolute atomic E-state index is 15.2. The Kier molecular flexibility index (Phi) is 4.24. The molecule has 2 aromatic carbocycles. The summed E-state index contributed by atoms with van der Waals surface area (Å²) in [6, 6.07) is 13.8. The third-order valence-electron chi connectivity index (χ3n) is 4.70. The summed E-state index contributed by atoms with van der Waals surface area (Å²) in [7, 11) is 0. The topological polar surface area (TPSA) is 37.8 Å². The number of rotatable bonds is 2. The van der Waals surface area contributed by atoms with Crippen molar-refractivity contribution in [3.05, 3.63) is 83.1 Å². The van der Waals surface area contributed by atoms with Crippen LogP contribution in [0.15, 0.2) is 54.7 Å². The zero-order chi connectivity index (χ0) is 17.2. The molecule has 1 N–H and O–H groups in total. The quantitative estimate of drug-likeness (QED) is 0.767. The SMILES string of the molecule is Fc1ccccc1C1CCNCc2c1ccc(-c1cccnn1)c2F. The molecule has 0 amide bonds. The fourth-order valence-electron chi connectivity index (χ4n) is 3.48. The van der Waals surface area contributed by atoms with Crippen molar-refractivity contribution in [1.82, 2.24) is 15.5 Å². The summed E-state index contributed by atoms with van der Waals surface area (Å²) in [5.41, 5.74) is 2.94. The van der Waals surface area contributed by atoms with E-state index in [4.69, 9.17) is 0 Å². The van der Waals surface area contributed by atoms with Gasteiger partial charge < -0.3 is 5.32 Å². The van der Waals surface area contributed by atoms with Crippen molar-refractivity contribution in [2.45, 2.75) is 18.9 Å². The van der Waals surface area contributed by atoms with Gasteiger partial charge in [0.15, 0.2) is 0 Å². The first kappa shape index (κ1) is 15.8. The van der Waals surface area contributed by atoms with Gasteiger partial charge in [0.1, 0.15) is 11.6 Å². The van der Waals surface area contributed by atoms with Gasteiger partial charge in [-0.1, -0.05) is 24.3 Å². The highest BCUT2D eigenvalue weighted by atomic mass is 19.1. The normalized spacial score (nSPS) is 17.0. The van der Waals surface area contributed by atoms with E-state index in [1.807, 2.05) is 12.1 Å². The average molecular weight is 337 g/mol. The van der Waals surface area contributed by atoms with Gasteiger partial charge in [0.05, 0.1) is 5.69 Å². The van der Waals surface area contributed by atoms with Crippen LogP contribution in [-0.2, 0) is 6.54 Å². The van der Waals surface area contributed by atoms with Crippen molar-refractivity contribution in [3.8, 4) is 11.3 Å². The van der Waals surface area contributed by atoms with Crippen molar-refractivity contribution in [2.75, 3.05) is 6.54 Å². The minimum Gasteiger partial charge on any atom is -0.313 e. The van der Waals surface area contributed by atoms with Crippen LogP contribution in [0.2, 0.25) is 0 Å². The van der Waals surface area contributed by atoms with E-state index in [2.05, 4.69) is 15.5 Å². The van der Waals surface area contributed by atoms with Crippen molar-refractivity contribution in [2.24, 2.45) is 0 Å². The first-order valence-corrected chi connectivity index (χ1v) is 8.30. The van der Waals surface area contributed by atoms with Gasteiger partial charge >= 0.3 is 0 Å². The molecular weight excluding hydrogens is 320 g/mol. The molecule has 0 aliphatic carbocycles. The monoisotopic (exact) mass is 337 g/mol. The predicted octanol–water partition coefficient (Wildman–Crippen LogP) is 4.05. The van der Waals surface area contributed by atoms with Crippen LogP contribution in [0.4, 0.5) is 8.78 Å². The number of nitrogens with one attached hydrogen (secondary N) is 1. The minimum atomic E-state index is -0.311. The van der Waals surface area contributed by atoms with Crippen LogP contribution in [-0.4, -0.2) is 16.7 Å². The van der Waals surface area contributed by atoms with Crippen LogP contribution in [0, 0.1) is 11.6 Å². The number of nitrogens with zero attached hydrogens (tertiary/aromatic N) is 2. The molecule has 3 aromatic rings. The lowest BCUT2D eigenvalue weighted by atomic mass is 9.85. The lowest BCUT2D eigenvalue weighted by Crippen LogP contribution is -2.13. The van der Waals surface area contributed by atoms with Crippen LogP contribution >= 0.6 is 0 Å². The number of benzene rings is 2. The third kappa shape index (κ3) is 2.91. The molecule has 2 heterocycles. The van der Waals surface area contributed by atoms with E-state index in [1.54, 1.807) is 36.5 Å². The second-order valence-electron chi connectivity index (χ2n) is 6.14. The third-order valence-corrected chi connectivity index (χ3v) is 4.70. The number of hydrogen-bond acceptors (Lipinski definition) is 3. The standard InChI is InChI=1S/C20H17F2N3/c21-18-5-2-1-4-15(18)14-9-11-23-12-17-13(14)7-8-16(20(17)22)19-6-3-10-24-25-19/h1-8,10,14,23H,9,11-12H2. The molecular formula is C20H17F2N3. The molecule has 0 saturated heterocycles. The Morgan fingerprint density at radius 2 is 1.84 bits per heavy atom. The summed E-state index contributed by atoms with van der Waals surface area (Å²) < 4.78 is 29.5. The van der Waals surface area contributed by atoms with E-state index in [0.29, 0.717) is 35.5 Å². The molecule has 1 aromatic heterocycles. The Morgan fingerprint density at radius 1 is 0.960 bits per heavy atom. The fraction of sp³-hybridized carbons (Fsp3) is 0.200. The van der Waals surface area contributed by atoms with Crippen LogP contribution in [0.1, 0.15) is 29.0 Å². The smallest absolute Gasteiger partial charge is 0.137 e. The molecule has 4 rings (SSSR count). The van der Waals surface area contributed by atoms with Gasteiger partial charge in [-0.25, -0.2) is 8.78 Å². The minimum absolute atomic E-state index is 0.170. The second kappa shape index (κ2) is 6.69. The van der Waals surface area contributed by atoms with E-state index in [1.165, 1.54) is 6.07 Å². The largest absolute Gasteiger partial charge is 0.313 e. The van der Waals surface area contributed by atoms with Crippen molar-refractivity contribution in [1.29, 1.82) is 0 Å². The summed E-state index contributed by atoms with van der Waals surface area (Å²) in [5, 5.41) is 11.1. The van der Waals surface area contributed by atoms with E-state index >= 15 is 4.39 Å². The highest BCUT2D eigenvalue weighted by molar-refractivity contribution is 5.62. The molecule has 1 atom stereocenters. The Hall–Kier alpha value is -2.66. The van der Waals surface area contributed by atoms with Gasteiger partial charge in [0.25, 0.3) is 0 Å². The van der Waals surface area contributed by atoms with Gasteiger partial charge in [-0.3, -0.25) is 0 Å². The number of aromatic nitrogens is 2. The van der Waals surface area contributed by atoms with Crippen molar-refractivity contribution < 1.29 is 8.78 Å². The number of hydrogen-bond donors (Lipinski definition) is 1. The molecule has 1 unspecified atom stereocenters. The van der Waals surface area contributed by atoms with Gasteiger partial charge in [-0.05, 0) is 48.4 Å².